The van der Waals surface area contributed by atoms with Crippen LogP contribution in [0.3, 0.4) is 0 Å². The molecule has 0 aromatic carbocycles. The molecule has 158 valence electrons. The van der Waals surface area contributed by atoms with Crippen molar-refractivity contribution < 1.29 is 4.79 Å². The number of aromatic nitrogens is 4. The van der Waals surface area contributed by atoms with Gasteiger partial charge in [-0.15, -0.1) is 15.3 Å². The molecular formula is C22H34N6O. The van der Waals surface area contributed by atoms with Crippen molar-refractivity contribution in [2.45, 2.75) is 83.6 Å². The Balaban J connectivity index is 1.43. The molecule has 1 atom stereocenters. The zero-order valence-corrected chi connectivity index (χ0v) is 17.8. The van der Waals surface area contributed by atoms with Crippen molar-refractivity contribution in [3.05, 3.63) is 18.0 Å². The van der Waals surface area contributed by atoms with E-state index in [0.717, 1.165) is 56.1 Å². The fraction of sp³-hybridized carbons (Fsp3) is 0.727. The van der Waals surface area contributed by atoms with Crippen LogP contribution < -0.4 is 10.2 Å². The standard InChI is InChI=1S/C22H34N6O/c1-16(2)21-25-24-19-12-13-20(26-28(19)21)27-14-8-9-17(15-27)22(29)23-18-10-6-4-3-5-7-11-18/h12-13,16-18H,3-11,14-15H2,1-2H3,(H,23,29)/t17-/m1/s1. The molecule has 1 aliphatic carbocycles. The van der Waals surface area contributed by atoms with Gasteiger partial charge in [0.1, 0.15) is 5.82 Å². The Bertz CT molecular complexity index is 824. The second kappa shape index (κ2) is 9.09. The van der Waals surface area contributed by atoms with Crippen molar-refractivity contribution in [1.82, 2.24) is 25.1 Å². The molecule has 2 fully saturated rings. The third-order valence-electron chi connectivity index (χ3n) is 6.36. The van der Waals surface area contributed by atoms with E-state index in [1.165, 1.54) is 32.1 Å². The minimum atomic E-state index is 0.0390. The molecule has 1 saturated carbocycles. The molecule has 0 unspecified atom stereocenters. The monoisotopic (exact) mass is 398 g/mol. The van der Waals surface area contributed by atoms with Crippen LogP contribution in [0.1, 0.15) is 83.4 Å². The van der Waals surface area contributed by atoms with E-state index >= 15 is 0 Å². The third kappa shape index (κ3) is 4.70. The number of carbonyl (C=O) groups excluding carboxylic acids is 1. The number of hydrogen-bond acceptors (Lipinski definition) is 5. The van der Waals surface area contributed by atoms with E-state index < -0.39 is 0 Å². The first kappa shape index (κ1) is 20.1. The molecule has 7 heteroatoms. The van der Waals surface area contributed by atoms with Crippen LogP contribution in [0.25, 0.3) is 5.65 Å². The Morgan fingerprint density at radius 1 is 1.03 bits per heavy atom. The summed E-state index contributed by atoms with van der Waals surface area (Å²) < 4.78 is 1.85. The summed E-state index contributed by atoms with van der Waals surface area (Å²) in [5.74, 6) is 2.31. The fourth-order valence-electron chi connectivity index (χ4n) is 4.64. The number of carbonyl (C=O) groups is 1. The number of anilines is 1. The average Bonchev–Trinajstić information content (AvgIpc) is 3.13. The summed E-state index contributed by atoms with van der Waals surface area (Å²) in [5.41, 5.74) is 0.771. The maximum atomic E-state index is 13.0. The van der Waals surface area contributed by atoms with Crippen molar-refractivity contribution in [1.29, 1.82) is 0 Å². The number of fused-ring (bicyclic) bond motifs is 1. The van der Waals surface area contributed by atoms with E-state index in [1.54, 1.807) is 0 Å². The van der Waals surface area contributed by atoms with Crippen LogP contribution in [0.5, 0.6) is 0 Å². The highest BCUT2D eigenvalue weighted by Gasteiger charge is 2.28. The summed E-state index contributed by atoms with van der Waals surface area (Å²) in [4.78, 5) is 15.2. The van der Waals surface area contributed by atoms with Crippen molar-refractivity contribution in [2.75, 3.05) is 18.0 Å². The first-order valence-corrected chi connectivity index (χ1v) is 11.4. The zero-order valence-electron chi connectivity index (χ0n) is 17.8. The summed E-state index contributed by atoms with van der Waals surface area (Å²) in [6, 6.07) is 4.33. The second-order valence-corrected chi connectivity index (χ2v) is 9.01. The summed E-state index contributed by atoms with van der Waals surface area (Å²) in [6.45, 7) is 5.87. The van der Waals surface area contributed by atoms with Crippen LogP contribution in [0, 0.1) is 5.92 Å². The van der Waals surface area contributed by atoms with Gasteiger partial charge in [-0.05, 0) is 37.8 Å². The summed E-state index contributed by atoms with van der Waals surface area (Å²) in [6.07, 6.45) is 10.7. The molecular weight excluding hydrogens is 364 g/mol. The smallest absolute Gasteiger partial charge is 0.225 e. The lowest BCUT2D eigenvalue weighted by Crippen LogP contribution is -2.46. The van der Waals surface area contributed by atoms with E-state index in [2.05, 4.69) is 34.3 Å². The maximum Gasteiger partial charge on any atom is 0.225 e. The number of hydrogen-bond donors (Lipinski definition) is 1. The lowest BCUT2D eigenvalue weighted by atomic mass is 9.94. The Morgan fingerprint density at radius 2 is 1.79 bits per heavy atom. The van der Waals surface area contributed by atoms with Gasteiger partial charge in [-0.25, -0.2) is 0 Å². The second-order valence-electron chi connectivity index (χ2n) is 9.01. The number of piperidine rings is 1. The molecule has 2 aromatic heterocycles. The molecule has 0 bridgehead atoms. The Kier molecular flexibility index (Phi) is 6.31. The average molecular weight is 399 g/mol. The van der Waals surface area contributed by atoms with Gasteiger partial charge in [-0.1, -0.05) is 46.0 Å². The Labute approximate surface area is 173 Å². The third-order valence-corrected chi connectivity index (χ3v) is 6.36. The number of rotatable bonds is 4. The van der Waals surface area contributed by atoms with Gasteiger partial charge in [0.15, 0.2) is 11.5 Å². The molecule has 1 amide bonds. The van der Waals surface area contributed by atoms with Gasteiger partial charge >= 0.3 is 0 Å². The van der Waals surface area contributed by atoms with Gasteiger partial charge in [-0.2, -0.15) is 4.52 Å². The van der Waals surface area contributed by atoms with Crippen molar-refractivity contribution in [3.8, 4) is 0 Å². The summed E-state index contributed by atoms with van der Waals surface area (Å²) in [5, 5.41) is 16.7. The minimum absolute atomic E-state index is 0.0390. The van der Waals surface area contributed by atoms with Gasteiger partial charge in [-0.3, -0.25) is 4.79 Å². The lowest BCUT2D eigenvalue weighted by molar-refractivity contribution is -0.126. The predicted molar refractivity (Wildman–Crippen MR) is 114 cm³/mol. The highest BCUT2D eigenvalue weighted by molar-refractivity contribution is 5.79. The molecule has 29 heavy (non-hydrogen) atoms. The molecule has 3 heterocycles. The van der Waals surface area contributed by atoms with Gasteiger partial charge in [0, 0.05) is 25.0 Å². The highest BCUT2D eigenvalue weighted by Crippen LogP contribution is 2.24. The van der Waals surface area contributed by atoms with Crippen LogP contribution in [0.2, 0.25) is 0 Å². The molecule has 1 aliphatic heterocycles. The van der Waals surface area contributed by atoms with Crippen LogP contribution in [0.4, 0.5) is 5.82 Å². The van der Waals surface area contributed by atoms with Crippen LogP contribution in [-0.4, -0.2) is 44.8 Å². The SMILES string of the molecule is CC(C)c1nnc2ccc(N3CCC[C@@H](C(=O)NC4CCCCCCC4)C3)nn12. The number of nitrogens with one attached hydrogen (secondary N) is 1. The Morgan fingerprint density at radius 3 is 2.55 bits per heavy atom. The van der Waals surface area contributed by atoms with Crippen LogP contribution in [0.15, 0.2) is 12.1 Å². The molecule has 2 aliphatic rings. The number of amides is 1. The molecule has 7 nitrogen and oxygen atoms in total. The molecule has 1 N–H and O–H groups in total. The zero-order chi connectivity index (χ0) is 20.2. The van der Waals surface area contributed by atoms with Crippen LogP contribution >= 0.6 is 0 Å². The molecule has 0 radical (unpaired) electrons. The molecule has 0 spiro atoms. The normalized spacial score (nSPS) is 21.9. The summed E-state index contributed by atoms with van der Waals surface area (Å²) >= 11 is 0. The van der Waals surface area contributed by atoms with E-state index in [4.69, 9.17) is 5.10 Å². The first-order chi connectivity index (χ1) is 14.1. The van der Waals surface area contributed by atoms with E-state index in [0.29, 0.717) is 6.04 Å². The minimum Gasteiger partial charge on any atom is -0.354 e. The quantitative estimate of drug-likeness (QED) is 0.850. The largest absolute Gasteiger partial charge is 0.354 e. The van der Waals surface area contributed by atoms with Crippen LogP contribution in [-0.2, 0) is 4.79 Å². The maximum absolute atomic E-state index is 13.0. The molecule has 4 rings (SSSR count). The van der Waals surface area contributed by atoms with E-state index in [1.807, 2.05) is 16.6 Å². The van der Waals surface area contributed by atoms with Gasteiger partial charge < -0.3 is 10.2 Å². The van der Waals surface area contributed by atoms with Gasteiger partial charge in [0.25, 0.3) is 0 Å². The summed E-state index contributed by atoms with van der Waals surface area (Å²) in [7, 11) is 0. The Hall–Kier alpha value is -2.18. The predicted octanol–water partition coefficient (Wildman–Crippen LogP) is 3.69. The lowest BCUT2D eigenvalue weighted by Gasteiger charge is -2.33. The van der Waals surface area contributed by atoms with Gasteiger partial charge in [0.05, 0.1) is 5.92 Å². The topological polar surface area (TPSA) is 75.4 Å². The van der Waals surface area contributed by atoms with Crippen molar-refractivity contribution >= 4 is 17.4 Å². The van der Waals surface area contributed by atoms with Crippen molar-refractivity contribution in [3.63, 3.8) is 0 Å². The fourth-order valence-corrected chi connectivity index (χ4v) is 4.64. The van der Waals surface area contributed by atoms with E-state index in [-0.39, 0.29) is 17.7 Å². The molecule has 1 saturated heterocycles. The highest BCUT2D eigenvalue weighted by atomic mass is 16.2. The van der Waals surface area contributed by atoms with Crippen molar-refractivity contribution in [2.24, 2.45) is 5.92 Å². The molecule has 2 aromatic rings. The first-order valence-electron chi connectivity index (χ1n) is 11.4. The van der Waals surface area contributed by atoms with E-state index in [9.17, 15) is 4.79 Å². The number of nitrogens with zero attached hydrogens (tertiary/aromatic N) is 5. The van der Waals surface area contributed by atoms with Gasteiger partial charge in [0.2, 0.25) is 5.91 Å².